The molecule has 31 heavy (non-hydrogen) atoms. The summed E-state index contributed by atoms with van der Waals surface area (Å²) in [7, 11) is 0. The largest absolute Gasteiger partial charge is 0.539 e. The summed E-state index contributed by atoms with van der Waals surface area (Å²) in [5.41, 5.74) is 8.06. The summed E-state index contributed by atoms with van der Waals surface area (Å²) in [6.07, 6.45) is 0. The highest BCUT2D eigenvalue weighted by molar-refractivity contribution is 7.21. The van der Waals surface area contributed by atoms with Crippen molar-refractivity contribution < 1.29 is 23.5 Å². The van der Waals surface area contributed by atoms with Gasteiger partial charge in [-0.3, -0.25) is 4.79 Å². The van der Waals surface area contributed by atoms with Crippen LogP contribution in [0.15, 0.2) is 71.3 Å². The maximum atomic E-state index is 13.2. The van der Waals surface area contributed by atoms with Crippen molar-refractivity contribution >= 4 is 33.0 Å². The van der Waals surface area contributed by atoms with Gasteiger partial charge in [0, 0.05) is 23.1 Å². The molecule has 0 radical (unpaired) electrons. The van der Waals surface area contributed by atoms with Crippen LogP contribution >= 0.6 is 11.3 Å². The molecule has 5 rings (SSSR count). The predicted octanol–water partition coefficient (Wildman–Crippen LogP) is 3.25. The van der Waals surface area contributed by atoms with E-state index < -0.39 is 11.7 Å². The number of benzene rings is 2. The topological polar surface area (TPSA) is 109 Å². The van der Waals surface area contributed by atoms with Gasteiger partial charge in [-0.05, 0) is 41.1 Å². The number of rotatable bonds is 4. The lowest BCUT2D eigenvalue weighted by atomic mass is 10.1. The number of hydrogen-bond acceptors (Lipinski definition) is 7. The van der Waals surface area contributed by atoms with Gasteiger partial charge in [0.1, 0.15) is 15.5 Å². The quantitative estimate of drug-likeness (QED) is 0.345. The molecule has 0 amide bonds. The fourth-order valence-electron chi connectivity index (χ4n) is 3.24. The second-order valence-corrected chi connectivity index (χ2v) is 7.69. The number of nitrogen functional groups attached to an aromatic ring is 1. The van der Waals surface area contributed by atoms with Gasteiger partial charge < -0.3 is 15.4 Å². The minimum Gasteiger partial charge on any atom is -0.539 e. The Balaban J connectivity index is 1.60. The third kappa shape index (κ3) is 3.21. The summed E-state index contributed by atoms with van der Waals surface area (Å²) in [5.74, 6) is -1.79. The normalized spacial score (nSPS) is 11.1. The van der Waals surface area contributed by atoms with Gasteiger partial charge in [0.2, 0.25) is 5.69 Å². The highest BCUT2D eigenvalue weighted by Crippen LogP contribution is 2.36. The van der Waals surface area contributed by atoms with Crippen molar-refractivity contribution in [3.63, 3.8) is 0 Å². The van der Waals surface area contributed by atoms with E-state index in [4.69, 9.17) is 10.3 Å². The van der Waals surface area contributed by atoms with Crippen molar-refractivity contribution in [3.8, 4) is 22.9 Å². The smallest absolute Gasteiger partial charge is 0.312 e. The number of ketones is 1. The average Bonchev–Trinajstić information content (AvgIpc) is 3.34. The van der Waals surface area contributed by atoms with Gasteiger partial charge in [-0.25, -0.2) is 9.37 Å². The number of para-hydroxylation sites is 1. The molecule has 2 N–H and O–H groups in total. The molecular formula is C22H13FN4O3S. The van der Waals surface area contributed by atoms with Crippen LogP contribution in [0.4, 0.5) is 10.1 Å². The summed E-state index contributed by atoms with van der Waals surface area (Å²) in [6, 6.07) is 18.1. The molecule has 0 spiro atoms. The van der Waals surface area contributed by atoms with E-state index in [-0.39, 0.29) is 22.1 Å². The van der Waals surface area contributed by atoms with Crippen molar-refractivity contribution in [2.75, 3.05) is 5.73 Å². The van der Waals surface area contributed by atoms with E-state index in [2.05, 4.69) is 10.3 Å². The second kappa shape index (κ2) is 7.29. The van der Waals surface area contributed by atoms with Crippen LogP contribution in [0.25, 0.3) is 27.2 Å². The first kappa shape index (κ1) is 18.9. The SMILES string of the molecule is Nc1c(C(=O)c2c([O-])on[n+]2-c2ccccc2)sc2nc(-c3ccc(F)cc3)ccc12. The lowest BCUT2D eigenvalue weighted by molar-refractivity contribution is -0.672. The molecule has 7 nitrogen and oxygen atoms in total. The number of thiophene rings is 1. The Morgan fingerprint density at radius 1 is 1.06 bits per heavy atom. The molecule has 0 fully saturated rings. The average molecular weight is 432 g/mol. The number of halogens is 1. The molecule has 0 aliphatic heterocycles. The van der Waals surface area contributed by atoms with Gasteiger partial charge in [-0.2, -0.15) is 0 Å². The van der Waals surface area contributed by atoms with Crippen molar-refractivity contribution in [1.82, 2.24) is 10.3 Å². The number of carbonyl (C=O) groups is 1. The first-order valence-corrected chi connectivity index (χ1v) is 9.98. The van der Waals surface area contributed by atoms with Gasteiger partial charge in [0.15, 0.2) is 5.95 Å². The van der Waals surface area contributed by atoms with E-state index in [0.29, 0.717) is 21.6 Å². The van der Waals surface area contributed by atoms with Crippen LogP contribution in [-0.2, 0) is 0 Å². The zero-order valence-corrected chi connectivity index (χ0v) is 16.6. The third-order valence-electron chi connectivity index (χ3n) is 4.77. The molecule has 0 aliphatic carbocycles. The summed E-state index contributed by atoms with van der Waals surface area (Å²) >= 11 is 1.07. The minimum absolute atomic E-state index is 0.170. The number of aromatic nitrogens is 3. The molecule has 0 aliphatic rings. The maximum absolute atomic E-state index is 13.2. The Bertz CT molecular complexity index is 1430. The number of pyridine rings is 1. The Morgan fingerprint density at radius 3 is 2.55 bits per heavy atom. The molecular weight excluding hydrogens is 419 g/mol. The Labute approximate surface area is 178 Å². The molecule has 2 aromatic carbocycles. The van der Waals surface area contributed by atoms with Crippen LogP contribution < -0.4 is 15.5 Å². The standard InChI is InChI=1S/C22H13FN4O3S/c23-13-8-6-12(7-9-13)16-11-10-15-17(24)20(31-21(15)25-16)19(28)18-22(29)30-26-27(18)14-4-2-1-3-5-14/h1-11H,(H2-,24,26,28,29). The van der Waals surface area contributed by atoms with Gasteiger partial charge in [0.25, 0.3) is 5.78 Å². The first-order valence-electron chi connectivity index (χ1n) is 9.17. The highest BCUT2D eigenvalue weighted by atomic mass is 32.1. The highest BCUT2D eigenvalue weighted by Gasteiger charge is 2.32. The molecule has 0 atom stereocenters. The zero-order chi connectivity index (χ0) is 21.5. The number of nitrogens with zero attached hydrogens (tertiary/aromatic N) is 3. The molecule has 3 heterocycles. The van der Waals surface area contributed by atoms with E-state index in [1.54, 1.807) is 54.6 Å². The maximum Gasteiger partial charge on any atom is 0.312 e. The molecule has 0 saturated heterocycles. The summed E-state index contributed by atoms with van der Waals surface area (Å²) in [5, 5.41) is 16.6. The van der Waals surface area contributed by atoms with Crippen LogP contribution in [0.3, 0.4) is 0 Å². The molecule has 0 unspecified atom stereocenters. The van der Waals surface area contributed by atoms with Crippen LogP contribution in [0.5, 0.6) is 5.95 Å². The van der Waals surface area contributed by atoms with Crippen molar-refractivity contribution in [3.05, 3.63) is 83.1 Å². The lowest BCUT2D eigenvalue weighted by Crippen LogP contribution is -2.39. The predicted molar refractivity (Wildman–Crippen MR) is 110 cm³/mol. The number of nitrogens with two attached hydrogens (primary N) is 1. The number of carbonyl (C=O) groups excluding carboxylic acids is 1. The van der Waals surface area contributed by atoms with Gasteiger partial charge >= 0.3 is 5.69 Å². The molecule has 152 valence electrons. The van der Waals surface area contributed by atoms with E-state index in [1.165, 1.54) is 12.1 Å². The van der Waals surface area contributed by atoms with E-state index in [9.17, 15) is 14.3 Å². The van der Waals surface area contributed by atoms with E-state index in [0.717, 1.165) is 21.6 Å². The van der Waals surface area contributed by atoms with Crippen molar-refractivity contribution in [2.45, 2.75) is 0 Å². The van der Waals surface area contributed by atoms with Crippen molar-refractivity contribution in [2.24, 2.45) is 0 Å². The van der Waals surface area contributed by atoms with Gasteiger partial charge in [-0.1, -0.05) is 18.2 Å². The number of hydrogen-bond donors (Lipinski definition) is 1. The van der Waals surface area contributed by atoms with Crippen LogP contribution in [0.1, 0.15) is 15.4 Å². The Hall–Kier alpha value is -4.11. The first-order chi connectivity index (χ1) is 15.0. The lowest BCUT2D eigenvalue weighted by Gasteiger charge is -2.01. The zero-order valence-electron chi connectivity index (χ0n) is 15.8. The van der Waals surface area contributed by atoms with E-state index in [1.807, 2.05) is 0 Å². The summed E-state index contributed by atoms with van der Waals surface area (Å²) in [6.45, 7) is 0. The van der Waals surface area contributed by atoms with Crippen LogP contribution in [-0.4, -0.2) is 16.0 Å². The molecule has 9 heteroatoms. The third-order valence-corrected chi connectivity index (χ3v) is 5.88. The van der Waals surface area contributed by atoms with Gasteiger partial charge in [0.05, 0.1) is 16.7 Å². The number of fused-ring (bicyclic) bond motifs is 1. The summed E-state index contributed by atoms with van der Waals surface area (Å²) in [4.78, 5) is 18.5. The van der Waals surface area contributed by atoms with Gasteiger partial charge in [-0.15, -0.1) is 11.3 Å². The molecule has 3 aromatic heterocycles. The fourth-order valence-corrected chi connectivity index (χ4v) is 4.27. The van der Waals surface area contributed by atoms with E-state index >= 15 is 0 Å². The second-order valence-electron chi connectivity index (χ2n) is 6.69. The Morgan fingerprint density at radius 2 is 1.81 bits per heavy atom. The monoisotopic (exact) mass is 432 g/mol. The summed E-state index contributed by atoms with van der Waals surface area (Å²) < 4.78 is 19.1. The molecule has 0 saturated carbocycles. The fraction of sp³-hybridized carbons (Fsp3) is 0. The Kier molecular flexibility index (Phi) is 4.45. The van der Waals surface area contributed by atoms with Crippen molar-refractivity contribution in [1.29, 1.82) is 0 Å². The number of anilines is 1. The van der Waals surface area contributed by atoms with Crippen LogP contribution in [0.2, 0.25) is 0 Å². The molecule has 0 bridgehead atoms. The molecule has 5 aromatic rings. The van der Waals surface area contributed by atoms with Crippen LogP contribution in [0, 0.1) is 5.82 Å². The minimum atomic E-state index is -0.856.